The standard InChI is InChI=1S/C26H31NO4/c1-7-27-22-15-19(17(3)13-21(22)26(4,5)16-24(27)28)20-14-18(9-11-23(20)30-6)10-12-25(29)31-8-2/h9-15H,7-8,16H2,1-6H3/b12-10+. The summed E-state index contributed by atoms with van der Waals surface area (Å²) in [5.41, 5.74) is 5.83. The van der Waals surface area contributed by atoms with Gasteiger partial charge >= 0.3 is 5.97 Å². The van der Waals surface area contributed by atoms with E-state index in [1.165, 1.54) is 11.6 Å². The van der Waals surface area contributed by atoms with Gasteiger partial charge in [0.25, 0.3) is 0 Å². The van der Waals surface area contributed by atoms with Crippen LogP contribution in [-0.4, -0.2) is 32.1 Å². The molecule has 1 aliphatic heterocycles. The number of amides is 1. The number of carbonyl (C=O) groups excluding carboxylic acids is 2. The van der Waals surface area contributed by atoms with Gasteiger partial charge in [-0.05, 0) is 67.3 Å². The summed E-state index contributed by atoms with van der Waals surface area (Å²) in [7, 11) is 1.64. The quantitative estimate of drug-likeness (QED) is 0.470. The van der Waals surface area contributed by atoms with Crippen molar-refractivity contribution in [2.45, 2.75) is 46.5 Å². The number of ether oxygens (including phenoxy) is 2. The van der Waals surface area contributed by atoms with Crippen molar-refractivity contribution < 1.29 is 19.1 Å². The fourth-order valence-electron chi connectivity index (χ4n) is 4.20. The van der Waals surface area contributed by atoms with Gasteiger partial charge in [0.05, 0.1) is 13.7 Å². The molecule has 0 saturated heterocycles. The number of hydrogen-bond donors (Lipinski definition) is 0. The molecule has 0 aliphatic carbocycles. The Morgan fingerprint density at radius 1 is 1.16 bits per heavy atom. The van der Waals surface area contributed by atoms with E-state index in [0.717, 1.165) is 33.7 Å². The number of benzene rings is 2. The molecule has 0 unspecified atom stereocenters. The van der Waals surface area contributed by atoms with Crippen LogP contribution in [0.25, 0.3) is 17.2 Å². The molecule has 0 aromatic heterocycles. The molecule has 1 amide bonds. The average Bonchev–Trinajstić information content (AvgIpc) is 2.72. The highest BCUT2D eigenvalue weighted by Crippen LogP contribution is 2.44. The number of rotatable bonds is 6. The highest BCUT2D eigenvalue weighted by atomic mass is 16.5. The van der Waals surface area contributed by atoms with Gasteiger partial charge in [0.2, 0.25) is 5.91 Å². The van der Waals surface area contributed by atoms with Crippen molar-refractivity contribution in [2.24, 2.45) is 0 Å². The first-order valence-electron chi connectivity index (χ1n) is 10.7. The largest absolute Gasteiger partial charge is 0.496 e. The zero-order valence-electron chi connectivity index (χ0n) is 19.2. The monoisotopic (exact) mass is 421 g/mol. The maximum absolute atomic E-state index is 12.8. The molecule has 0 atom stereocenters. The van der Waals surface area contributed by atoms with Crippen LogP contribution >= 0.6 is 0 Å². The second kappa shape index (κ2) is 8.96. The summed E-state index contributed by atoms with van der Waals surface area (Å²) in [5, 5.41) is 0. The second-order valence-electron chi connectivity index (χ2n) is 8.43. The second-order valence-corrected chi connectivity index (χ2v) is 8.43. The molecule has 1 heterocycles. The molecule has 0 bridgehead atoms. The summed E-state index contributed by atoms with van der Waals surface area (Å²) in [6, 6.07) is 10.1. The number of carbonyl (C=O) groups is 2. The zero-order chi connectivity index (χ0) is 22.8. The van der Waals surface area contributed by atoms with Crippen molar-refractivity contribution in [2.75, 3.05) is 25.2 Å². The minimum atomic E-state index is -0.371. The van der Waals surface area contributed by atoms with Crippen molar-refractivity contribution in [1.82, 2.24) is 0 Å². The Kier molecular flexibility index (Phi) is 6.54. The summed E-state index contributed by atoms with van der Waals surface area (Å²) in [6.07, 6.45) is 3.67. The SMILES string of the molecule is CCOC(=O)/C=C/c1ccc(OC)c(-c2cc3c(cc2C)C(C)(C)CC(=O)N3CC)c1. The van der Waals surface area contributed by atoms with Crippen LogP contribution in [0.4, 0.5) is 5.69 Å². The lowest BCUT2D eigenvalue weighted by Gasteiger charge is -2.39. The van der Waals surface area contributed by atoms with Gasteiger partial charge in [0.15, 0.2) is 0 Å². The van der Waals surface area contributed by atoms with E-state index in [4.69, 9.17) is 9.47 Å². The molecule has 3 rings (SSSR count). The van der Waals surface area contributed by atoms with Gasteiger partial charge < -0.3 is 14.4 Å². The van der Waals surface area contributed by atoms with Crippen LogP contribution < -0.4 is 9.64 Å². The van der Waals surface area contributed by atoms with E-state index in [2.05, 4.69) is 32.9 Å². The fraction of sp³-hybridized carbons (Fsp3) is 0.385. The van der Waals surface area contributed by atoms with Crippen LogP contribution in [0.15, 0.2) is 36.4 Å². The molecule has 0 spiro atoms. The molecule has 2 aromatic rings. The molecule has 1 aliphatic rings. The van der Waals surface area contributed by atoms with E-state index in [-0.39, 0.29) is 17.3 Å². The molecule has 0 N–H and O–H groups in total. The van der Waals surface area contributed by atoms with E-state index in [0.29, 0.717) is 19.6 Å². The van der Waals surface area contributed by atoms with Gasteiger partial charge in [-0.15, -0.1) is 0 Å². The maximum atomic E-state index is 12.8. The van der Waals surface area contributed by atoms with Crippen LogP contribution in [-0.2, 0) is 19.7 Å². The summed E-state index contributed by atoms with van der Waals surface area (Å²) in [6.45, 7) is 11.1. The van der Waals surface area contributed by atoms with Crippen molar-refractivity contribution in [1.29, 1.82) is 0 Å². The topological polar surface area (TPSA) is 55.8 Å². The van der Waals surface area contributed by atoms with Gasteiger partial charge in [-0.3, -0.25) is 4.79 Å². The third kappa shape index (κ3) is 4.50. The first-order chi connectivity index (χ1) is 14.7. The minimum Gasteiger partial charge on any atom is -0.496 e. The molecular formula is C26H31NO4. The molecule has 2 aromatic carbocycles. The first-order valence-corrected chi connectivity index (χ1v) is 10.7. The summed E-state index contributed by atoms with van der Waals surface area (Å²) in [4.78, 5) is 26.3. The molecule has 5 nitrogen and oxygen atoms in total. The van der Waals surface area contributed by atoms with E-state index in [1.54, 1.807) is 20.1 Å². The molecule has 31 heavy (non-hydrogen) atoms. The first kappa shape index (κ1) is 22.6. The number of nitrogens with zero attached hydrogens (tertiary/aromatic N) is 1. The predicted molar refractivity (Wildman–Crippen MR) is 125 cm³/mol. The molecule has 0 radical (unpaired) electrons. The Labute approximate surface area is 184 Å². The Morgan fingerprint density at radius 2 is 1.90 bits per heavy atom. The smallest absolute Gasteiger partial charge is 0.330 e. The number of hydrogen-bond acceptors (Lipinski definition) is 4. The van der Waals surface area contributed by atoms with Crippen LogP contribution in [0.5, 0.6) is 5.75 Å². The highest BCUT2D eigenvalue weighted by Gasteiger charge is 2.36. The fourth-order valence-corrected chi connectivity index (χ4v) is 4.20. The number of fused-ring (bicyclic) bond motifs is 1. The maximum Gasteiger partial charge on any atom is 0.330 e. The summed E-state index contributed by atoms with van der Waals surface area (Å²) < 4.78 is 10.6. The Balaban J connectivity index is 2.14. The van der Waals surface area contributed by atoms with Crippen molar-refractivity contribution in [3.05, 3.63) is 53.1 Å². The lowest BCUT2D eigenvalue weighted by molar-refractivity contribution is -0.137. The van der Waals surface area contributed by atoms with E-state index < -0.39 is 0 Å². The number of esters is 1. The Hall–Kier alpha value is -3.08. The van der Waals surface area contributed by atoms with Crippen molar-refractivity contribution in [3.8, 4) is 16.9 Å². The molecule has 5 heteroatoms. The minimum absolute atomic E-state index is 0.146. The van der Waals surface area contributed by atoms with E-state index in [9.17, 15) is 9.59 Å². The summed E-state index contributed by atoms with van der Waals surface area (Å²) in [5.74, 6) is 0.512. The number of methoxy groups -OCH3 is 1. The Morgan fingerprint density at radius 3 is 2.55 bits per heavy atom. The Bertz CT molecular complexity index is 1040. The normalized spacial score (nSPS) is 15.2. The summed E-state index contributed by atoms with van der Waals surface area (Å²) >= 11 is 0. The lowest BCUT2D eigenvalue weighted by Crippen LogP contribution is -2.41. The predicted octanol–water partition coefficient (Wildman–Crippen LogP) is 5.28. The van der Waals surface area contributed by atoms with E-state index in [1.807, 2.05) is 30.0 Å². The van der Waals surface area contributed by atoms with E-state index >= 15 is 0 Å². The van der Waals surface area contributed by atoms with Crippen LogP contribution in [0.1, 0.15) is 50.8 Å². The van der Waals surface area contributed by atoms with Gasteiger partial charge in [0, 0.05) is 35.7 Å². The van der Waals surface area contributed by atoms with Crippen LogP contribution in [0.3, 0.4) is 0 Å². The van der Waals surface area contributed by atoms with Gasteiger partial charge in [-0.1, -0.05) is 26.0 Å². The highest BCUT2D eigenvalue weighted by molar-refractivity contribution is 5.99. The zero-order valence-corrected chi connectivity index (χ0v) is 19.2. The molecule has 164 valence electrons. The van der Waals surface area contributed by atoms with Crippen molar-refractivity contribution >= 4 is 23.6 Å². The molecular weight excluding hydrogens is 390 g/mol. The third-order valence-corrected chi connectivity index (χ3v) is 5.79. The molecule has 0 fully saturated rings. The van der Waals surface area contributed by atoms with Gasteiger partial charge in [-0.25, -0.2) is 4.79 Å². The average molecular weight is 422 g/mol. The third-order valence-electron chi connectivity index (χ3n) is 5.79. The van der Waals surface area contributed by atoms with Crippen molar-refractivity contribution in [3.63, 3.8) is 0 Å². The lowest BCUT2D eigenvalue weighted by atomic mass is 9.75. The van der Waals surface area contributed by atoms with Crippen LogP contribution in [0.2, 0.25) is 0 Å². The molecule has 0 saturated carbocycles. The van der Waals surface area contributed by atoms with Crippen LogP contribution in [0, 0.1) is 6.92 Å². The van der Waals surface area contributed by atoms with Gasteiger partial charge in [-0.2, -0.15) is 0 Å². The van der Waals surface area contributed by atoms with Gasteiger partial charge in [0.1, 0.15) is 5.75 Å². The number of anilines is 1. The number of aryl methyl sites for hydroxylation is 1.